The molecule has 1 heterocycles. The molecule has 1 aromatic heterocycles. The molecule has 0 bridgehead atoms. The number of halogens is 1. The maximum Gasteiger partial charge on any atom is 0.306 e. The first-order chi connectivity index (χ1) is 13.6. The van der Waals surface area contributed by atoms with Crippen molar-refractivity contribution in [3.8, 4) is 0 Å². The number of benzene rings is 2. The van der Waals surface area contributed by atoms with Gasteiger partial charge in [-0.25, -0.2) is 4.98 Å². The Balaban J connectivity index is 1.30. The minimum absolute atomic E-state index is 0.277. The lowest BCUT2D eigenvalue weighted by Gasteiger charge is -2.07. The standard InChI is InChI=1S/C21H21ClN2O3S/c22-16-8-2-1-7-15(16)13-23-19(25)14-27-21(26)12-6-5-11-20-24-17-9-3-4-10-18(17)28-20/h1-4,7-10H,5-6,11-14H2,(H,23,25). The number of hydrogen-bond acceptors (Lipinski definition) is 5. The number of nitrogens with zero attached hydrogens (tertiary/aromatic N) is 1. The molecule has 0 aliphatic rings. The number of thiazole rings is 1. The molecule has 7 heteroatoms. The highest BCUT2D eigenvalue weighted by atomic mass is 35.5. The molecular formula is C21H21ClN2O3S. The van der Waals surface area contributed by atoms with Gasteiger partial charge in [-0.1, -0.05) is 41.9 Å². The molecule has 5 nitrogen and oxygen atoms in total. The van der Waals surface area contributed by atoms with E-state index >= 15 is 0 Å². The number of aromatic nitrogens is 1. The summed E-state index contributed by atoms with van der Waals surface area (Å²) in [5, 5.41) is 4.36. The van der Waals surface area contributed by atoms with Gasteiger partial charge >= 0.3 is 5.97 Å². The van der Waals surface area contributed by atoms with Crippen molar-refractivity contribution in [2.45, 2.75) is 32.2 Å². The molecule has 0 spiro atoms. The Labute approximate surface area is 172 Å². The third kappa shape index (κ3) is 6.04. The molecule has 1 amide bonds. The summed E-state index contributed by atoms with van der Waals surface area (Å²) in [6.45, 7) is 0.0272. The van der Waals surface area contributed by atoms with E-state index in [4.69, 9.17) is 16.3 Å². The zero-order valence-corrected chi connectivity index (χ0v) is 16.9. The number of aryl methyl sites for hydroxylation is 1. The van der Waals surface area contributed by atoms with Crippen LogP contribution in [0, 0.1) is 0 Å². The molecule has 0 atom stereocenters. The second kappa shape index (κ2) is 10.2. The first-order valence-electron chi connectivity index (χ1n) is 9.12. The molecule has 0 aliphatic heterocycles. The number of esters is 1. The van der Waals surface area contributed by atoms with Crippen molar-refractivity contribution in [2.24, 2.45) is 0 Å². The number of nitrogens with one attached hydrogen (secondary N) is 1. The van der Waals surface area contributed by atoms with Gasteiger partial charge in [0.15, 0.2) is 6.61 Å². The number of rotatable bonds is 9. The van der Waals surface area contributed by atoms with Gasteiger partial charge in [0, 0.05) is 18.0 Å². The molecule has 0 fully saturated rings. The zero-order valence-electron chi connectivity index (χ0n) is 15.3. The third-order valence-corrected chi connectivity index (χ3v) is 5.62. The summed E-state index contributed by atoms with van der Waals surface area (Å²) in [7, 11) is 0. The van der Waals surface area contributed by atoms with E-state index in [1.807, 2.05) is 36.4 Å². The van der Waals surface area contributed by atoms with E-state index in [1.54, 1.807) is 17.4 Å². The zero-order chi connectivity index (χ0) is 19.8. The van der Waals surface area contributed by atoms with Crippen LogP contribution < -0.4 is 5.32 Å². The molecule has 1 N–H and O–H groups in total. The van der Waals surface area contributed by atoms with Gasteiger partial charge in [0.25, 0.3) is 5.91 Å². The average molecular weight is 417 g/mol. The van der Waals surface area contributed by atoms with Gasteiger partial charge < -0.3 is 10.1 Å². The van der Waals surface area contributed by atoms with Crippen molar-refractivity contribution in [2.75, 3.05) is 6.61 Å². The molecule has 28 heavy (non-hydrogen) atoms. The Morgan fingerprint density at radius 1 is 1.07 bits per heavy atom. The minimum atomic E-state index is -0.364. The molecule has 2 aromatic carbocycles. The summed E-state index contributed by atoms with van der Waals surface area (Å²) in [5.74, 6) is -0.708. The van der Waals surface area contributed by atoms with Gasteiger partial charge in [-0.15, -0.1) is 11.3 Å². The predicted octanol–water partition coefficient (Wildman–Crippen LogP) is 4.52. The van der Waals surface area contributed by atoms with Crippen LogP contribution >= 0.6 is 22.9 Å². The van der Waals surface area contributed by atoms with E-state index < -0.39 is 0 Å². The highest BCUT2D eigenvalue weighted by Gasteiger charge is 2.09. The maximum atomic E-state index is 11.8. The Bertz CT molecular complexity index is 924. The summed E-state index contributed by atoms with van der Waals surface area (Å²) >= 11 is 7.72. The number of hydrogen-bond donors (Lipinski definition) is 1. The Morgan fingerprint density at radius 3 is 2.68 bits per heavy atom. The summed E-state index contributed by atoms with van der Waals surface area (Å²) < 4.78 is 6.21. The number of para-hydroxylation sites is 1. The number of carbonyl (C=O) groups excluding carboxylic acids is 2. The van der Waals surface area contributed by atoms with E-state index in [1.165, 1.54) is 4.70 Å². The summed E-state index contributed by atoms with van der Waals surface area (Å²) in [5.41, 5.74) is 1.84. The fourth-order valence-corrected chi connectivity index (χ4v) is 3.89. The molecule has 0 aliphatic carbocycles. The molecule has 0 saturated heterocycles. The Hall–Kier alpha value is -2.44. The monoisotopic (exact) mass is 416 g/mol. The number of fused-ring (bicyclic) bond motifs is 1. The van der Waals surface area contributed by atoms with E-state index in [9.17, 15) is 9.59 Å². The van der Waals surface area contributed by atoms with Crippen LogP contribution in [0.25, 0.3) is 10.2 Å². The van der Waals surface area contributed by atoms with Crippen molar-refractivity contribution < 1.29 is 14.3 Å². The van der Waals surface area contributed by atoms with Crippen LogP contribution in [0.5, 0.6) is 0 Å². The van der Waals surface area contributed by atoms with Gasteiger partial charge in [0.1, 0.15) is 0 Å². The van der Waals surface area contributed by atoms with Crippen LogP contribution in [0.15, 0.2) is 48.5 Å². The smallest absolute Gasteiger partial charge is 0.306 e. The van der Waals surface area contributed by atoms with E-state index in [-0.39, 0.29) is 18.5 Å². The van der Waals surface area contributed by atoms with Crippen LogP contribution in [-0.4, -0.2) is 23.5 Å². The highest BCUT2D eigenvalue weighted by molar-refractivity contribution is 7.18. The van der Waals surface area contributed by atoms with Crippen molar-refractivity contribution in [1.29, 1.82) is 0 Å². The normalized spacial score (nSPS) is 10.8. The fourth-order valence-electron chi connectivity index (χ4n) is 2.68. The summed E-state index contributed by atoms with van der Waals surface area (Å²) in [4.78, 5) is 28.2. The van der Waals surface area contributed by atoms with Crippen molar-refractivity contribution >= 4 is 45.0 Å². The topological polar surface area (TPSA) is 68.3 Å². The second-order valence-corrected chi connectivity index (χ2v) is 7.83. The highest BCUT2D eigenvalue weighted by Crippen LogP contribution is 2.22. The number of amides is 1. The first-order valence-corrected chi connectivity index (χ1v) is 10.3. The lowest BCUT2D eigenvalue weighted by molar-refractivity contribution is -0.148. The van der Waals surface area contributed by atoms with Gasteiger partial charge in [-0.3, -0.25) is 9.59 Å². The third-order valence-electron chi connectivity index (χ3n) is 4.16. The number of unbranched alkanes of at least 4 members (excludes halogenated alkanes) is 1. The van der Waals surface area contributed by atoms with Gasteiger partial charge in [0.05, 0.1) is 15.2 Å². The average Bonchev–Trinajstić information content (AvgIpc) is 3.12. The van der Waals surface area contributed by atoms with Crippen LogP contribution in [0.4, 0.5) is 0 Å². The molecule has 3 rings (SSSR count). The summed E-state index contributed by atoms with van der Waals surface area (Å²) in [6, 6.07) is 15.3. The Kier molecular flexibility index (Phi) is 7.39. The minimum Gasteiger partial charge on any atom is -0.456 e. The molecule has 0 unspecified atom stereocenters. The van der Waals surface area contributed by atoms with E-state index in [0.29, 0.717) is 24.4 Å². The molecule has 0 saturated carbocycles. The van der Waals surface area contributed by atoms with Crippen molar-refractivity contribution in [3.63, 3.8) is 0 Å². The van der Waals surface area contributed by atoms with Crippen LogP contribution in [0.3, 0.4) is 0 Å². The van der Waals surface area contributed by atoms with Crippen molar-refractivity contribution in [1.82, 2.24) is 10.3 Å². The van der Waals surface area contributed by atoms with Gasteiger partial charge in [-0.05, 0) is 43.0 Å². The fraction of sp³-hybridized carbons (Fsp3) is 0.286. The van der Waals surface area contributed by atoms with E-state index in [0.717, 1.165) is 28.9 Å². The molecule has 3 aromatic rings. The van der Waals surface area contributed by atoms with Gasteiger partial charge in [0.2, 0.25) is 0 Å². The van der Waals surface area contributed by atoms with E-state index in [2.05, 4.69) is 16.4 Å². The van der Waals surface area contributed by atoms with Crippen LogP contribution in [-0.2, 0) is 27.3 Å². The molecular weight excluding hydrogens is 396 g/mol. The van der Waals surface area contributed by atoms with Crippen molar-refractivity contribution in [3.05, 3.63) is 64.1 Å². The van der Waals surface area contributed by atoms with Gasteiger partial charge in [-0.2, -0.15) is 0 Å². The molecule has 146 valence electrons. The SMILES string of the molecule is O=C(COC(=O)CCCCc1nc2ccccc2s1)NCc1ccccc1Cl. The second-order valence-electron chi connectivity index (χ2n) is 6.31. The summed E-state index contributed by atoms with van der Waals surface area (Å²) in [6.07, 6.45) is 2.69. The number of carbonyl (C=O) groups is 2. The lowest BCUT2D eigenvalue weighted by atomic mass is 10.2. The van der Waals surface area contributed by atoms with Crippen LogP contribution in [0.1, 0.15) is 29.8 Å². The number of ether oxygens (including phenoxy) is 1. The Morgan fingerprint density at radius 2 is 1.86 bits per heavy atom. The maximum absolute atomic E-state index is 11.8. The molecule has 0 radical (unpaired) electrons. The quantitative estimate of drug-likeness (QED) is 0.411. The van der Waals surface area contributed by atoms with Crippen LogP contribution in [0.2, 0.25) is 5.02 Å². The lowest BCUT2D eigenvalue weighted by Crippen LogP contribution is -2.28. The largest absolute Gasteiger partial charge is 0.456 e. The first kappa shape index (κ1) is 20.3. The predicted molar refractivity (Wildman–Crippen MR) is 111 cm³/mol.